The fourth-order valence-corrected chi connectivity index (χ4v) is 3.35. The number of hydrogen-bond acceptors (Lipinski definition) is 7. The lowest BCUT2D eigenvalue weighted by atomic mass is 10.2. The first-order valence-electron chi connectivity index (χ1n) is 9.37. The number of nitrogens with zero attached hydrogens (tertiary/aromatic N) is 6. The van der Waals surface area contributed by atoms with Crippen LogP contribution < -0.4 is 4.90 Å². The summed E-state index contributed by atoms with van der Waals surface area (Å²) < 4.78 is 5.34. The Hall–Kier alpha value is -2.80. The van der Waals surface area contributed by atoms with Crippen LogP contribution in [0.5, 0.6) is 0 Å². The summed E-state index contributed by atoms with van der Waals surface area (Å²) in [5, 5.41) is 0. The molecule has 1 aliphatic rings. The molecular formula is C20H24N6O. The van der Waals surface area contributed by atoms with Crippen molar-refractivity contribution >= 4 is 5.82 Å². The lowest BCUT2D eigenvalue weighted by molar-refractivity contribution is 0.248. The predicted octanol–water partition coefficient (Wildman–Crippen LogP) is 2.72. The van der Waals surface area contributed by atoms with E-state index in [1.54, 1.807) is 6.26 Å². The van der Waals surface area contributed by atoms with Gasteiger partial charge in [0.25, 0.3) is 0 Å². The highest BCUT2D eigenvalue weighted by Crippen LogP contribution is 2.20. The van der Waals surface area contributed by atoms with Crippen LogP contribution in [0.4, 0.5) is 5.82 Å². The zero-order valence-electron chi connectivity index (χ0n) is 15.8. The van der Waals surface area contributed by atoms with E-state index in [4.69, 9.17) is 4.42 Å². The van der Waals surface area contributed by atoms with Crippen LogP contribution in [-0.4, -0.2) is 51.0 Å². The van der Waals surface area contributed by atoms with Gasteiger partial charge < -0.3 is 9.32 Å². The molecule has 3 aromatic heterocycles. The standard InChI is InChI=1S/C20H24N6O/c1-3-17-13-21-15(2)24-20(17)26-8-6-25(7-9-26)14-16-11-22-19(23-12-16)18-5-4-10-27-18/h4-5,10-13H,3,6-9,14H2,1-2H3. The van der Waals surface area contributed by atoms with Gasteiger partial charge in [0, 0.05) is 62.4 Å². The van der Waals surface area contributed by atoms with Crippen molar-refractivity contribution in [2.75, 3.05) is 31.1 Å². The van der Waals surface area contributed by atoms with Crippen LogP contribution in [-0.2, 0) is 13.0 Å². The van der Waals surface area contributed by atoms with E-state index in [2.05, 4.69) is 36.7 Å². The van der Waals surface area contributed by atoms with E-state index in [1.165, 1.54) is 5.56 Å². The minimum absolute atomic E-state index is 0.625. The van der Waals surface area contributed by atoms with E-state index in [0.29, 0.717) is 11.6 Å². The number of rotatable bonds is 5. The van der Waals surface area contributed by atoms with E-state index >= 15 is 0 Å². The van der Waals surface area contributed by atoms with Crippen LogP contribution in [0.25, 0.3) is 11.6 Å². The zero-order valence-corrected chi connectivity index (χ0v) is 15.8. The van der Waals surface area contributed by atoms with Gasteiger partial charge in [-0.05, 0) is 25.5 Å². The maximum absolute atomic E-state index is 5.34. The normalized spacial score (nSPS) is 15.3. The molecular weight excluding hydrogens is 340 g/mol. The largest absolute Gasteiger partial charge is 0.461 e. The van der Waals surface area contributed by atoms with Crippen molar-refractivity contribution in [2.45, 2.75) is 26.8 Å². The first-order valence-corrected chi connectivity index (χ1v) is 9.37. The Balaban J connectivity index is 1.36. The van der Waals surface area contributed by atoms with E-state index in [1.807, 2.05) is 37.6 Å². The van der Waals surface area contributed by atoms with Crippen molar-refractivity contribution in [1.82, 2.24) is 24.8 Å². The lowest BCUT2D eigenvalue weighted by Gasteiger charge is -2.36. The van der Waals surface area contributed by atoms with Gasteiger partial charge in [0.1, 0.15) is 11.6 Å². The van der Waals surface area contributed by atoms with Gasteiger partial charge in [-0.15, -0.1) is 0 Å². The van der Waals surface area contributed by atoms with E-state index in [-0.39, 0.29) is 0 Å². The van der Waals surface area contributed by atoms with Gasteiger partial charge in [-0.3, -0.25) is 4.90 Å². The molecule has 1 fully saturated rings. The smallest absolute Gasteiger partial charge is 0.195 e. The summed E-state index contributed by atoms with van der Waals surface area (Å²) in [6.07, 6.45) is 8.33. The first-order chi connectivity index (χ1) is 13.2. The molecule has 0 aromatic carbocycles. The summed E-state index contributed by atoms with van der Waals surface area (Å²) in [7, 11) is 0. The highest BCUT2D eigenvalue weighted by Gasteiger charge is 2.20. The Morgan fingerprint density at radius 1 is 1.04 bits per heavy atom. The lowest BCUT2D eigenvalue weighted by Crippen LogP contribution is -2.46. The van der Waals surface area contributed by atoms with Gasteiger partial charge in [0.15, 0.2) is 11.6 Å². The predicted molar refractivity (Wildman–Crippen MR) is 103 cm³/mol. The molecule has 3 aromatic rings. The first kappa shape index (κ1) is 17.6. The van der Waals surface area contributed by atoms with Crippen LogP contribution in [0.15, 0.2) is 41.4 Å². The van der Waals surface area contributed by atoms with Crippen LogP contribution >= 0.6 is 0 Å². The third kappa shape index (κ3) is 3.98. The third-order valence-electron chi connectivity index (χ3n) is 4.87. The van der Waals surface area contributed by atoms with E-state index < -0.39 is 0 Å². The summed E-state index contributed by atoms with van der Waals surface area (Å²) in [5.41, 5.74) is 2.34. The van der Waals surface area contributed by atoms with Crippen molar-refractivity contribution < 1.29 is 4.42 Å². The van der Waals surface area contributed by atoms with Crippen molar-refractivity contribution in [3.63, 3.8) is 0 Å². The molecule has 7 heteroatoms. The fraction of sp³-hybridized carbons (Fsp3) is 0.400. The number of aromatic nitrogens is 4. The van der Waals surface area contributed by atoms with Crippen LogP contribution in [0.1, 0.15) is 23.9 Å². The topological polar surface area (TPSA) is 71.2 Å². The highest BCUT2D eigenvalue weighted by atomic mass is 16.3. The summed E-state index contributed by atoms with van der Waals surface area (Å²) >= 11 is 0. The zero-order chi connectivity index (χ0) is 18.6. The summed E-state index contributed by atoms with van der Waals surface area (Å²) in [6, 6.07) is 3.71. The summed E-state index contributed by atoms with van der Waals surface area (Å²) in [5.74, 6) is 3.25. The van der Waals surface area contributed by atoms with Crippen molar-refractivity contribution in [3.05, 3.63) is 53.9 Å². The molecule has 27 heavy (non-hydrogen) atoms. The second-order valence-electron chi connectivity index (χ2n) is 6.78. The Labute approximate surface area is 159 Å². The Bertz CT molecular complexity index is 870. The van der Waals surface area contributed by atoms with Crippen LogP contribution in [0.2, 0.25) is 0 Å². The van der Waals surface area contributed by atoms with E-state index in [9.17, 15) is 0 Å². The second-order valence-corrected chi connectivity index (χ2v) is 6.78. The molecule has 0 spiro atoms. The number of piperazine rings is 1. The number of furan rings is 1. The molecule has 140 valence electrons. The molecule has 4 heterocycles. The average molecular weight is 364 g/mol. The Morgan fingerprint density at radius 2 is 1.81 bits per heavy atom. The molecule has 1 saturated heterocycles. The van der Waals surface area contributed by atoms with Crippen molar-refractivity contribution in [3.8, 4) is 11.6 Å². The van der Waals surface area contributed by atoms with Crippen LogP contribution in [0.3, 0.4) is 0 Å². The number of aryl methyl sites for hydroxylation is 2. The maximum atomic E-state index is 5.34. The molecule has 0 unspecified atom stereocenters. The molecule has 0 aliphatic carbocycles. The number of hydrogen-bond donors (Lipinski definition) is 0. The third-order valence-corrected chi connectivity index (χ3v) is 4.87. The SMILES string of the molecule is CCc1cnc(C)nc1N1CCN(Cc2cnc(-c3ccco3)nc2)CC1. The Morgan fingerprint density at radius 3 is 2.48 bits per heavy atom. The minimum atomic E-state index is 0.625. The van der Waals surface area contributed by atoms with Crippen molar-refractivity contribution in [2.24, 2.45) is 0 Å². The molecule has 0 saturated carbocycles. The van der Waals surface area contributed by atoms with E-state index in [0.717, 1.165) is 56.4 Å². The van der Waals surface area contributed by atoms with Gasteiger partial charge in [0.05, 0.1) is 6.26 Å². The van der Waals surface area contributed by atoms with Gasteiger partial charge in [-0.1, -0.05) is 6.92 Å². The molecule has 0 atom stereocenters. The van der Waals surface area contributed by atoms with Crippen LogP contribution in [0, 0.1) is 6.92 Å². The van der Waals surface area contributed by atoms with Gasteiger partial charge >= 0.3 is 0 Å². The molecule has 0 radical (unpaired) electrons. The van der Waals surface area contributed by atoms with Gasteiger partial charge in [-0.25, -0.2) is 19.9 Å². The van der Waals surface area contributed by atoms with Gasteiger partial charge in [-0.2, -0.15) is 0 Å². The molecule has 4 rings (SSSR count). The monoisotopic (exact) mass is 364 g/mol. The molecule has 7 nitrogen and oxygen atoms in total. The highest BCUT2D eigenvalue weighted by molar-refractivity contribution is 5.47. The molecule has 1 aliphatic heterocycles. The minimum Gasteiger partial charge on any atom is -0.461 e. The van der Waals surface area contributed by atoms with Crippen molar-refractivity contribution in [1.29, 1.82) is 0 Å². The summed E-state index contributed by atoms with van der Waals surface area (Å²) in [4.78, 5) is 22.7. The number of anilines is 1. The quantitative estimate of drug-likeness (QED) is 0.689. The molecule has 0 amide bonds. The summed E-state index contributed by atoms with van der Waals surface area (Å²) in [6.45, 7) is 8.88. The second kappa shape index (κ2) is 7.84. The maximum Gasteiger partial charge on any atom is 0.195 e. The molecule has 0 bridgehead atoms. The molecule has 0 N–H and O–H groups in total. The van der Waals surface area contributed by atoms with Gasteiger partial charge in [0.2, 0.25) is 0 Å². The Kier molecular flexibility index (Phi) is 5.11. The average Bonchev–Trinajstić information content (AvgIpc) is 3.24. The fourth-order valence-electron chi connectivity index (χ4n) is 3.35.